The van der Waals surface area contributed by atoms with Crippen LogP contribution in [0, 0.1) is 0 Å². The Morgan fingerprint density at radius 1 is 0.968 bits per heavy atom. The van der Waals surface area contributed by atoms with Crippen LogP contribution in [0.4, 0.5) is 4.79 Å². The summed E-state index contributed by atoms with van der Waals surface area (Å²) in [6.07, 6.45) is -0.673. The predicted molar refractivity (Wildman–Crippen MR) is 110 cm³/mol. The molecular formula is C22H24N2O7. The fourth-order valence-electron chi connectivity index (χ4n) is 2.72. The number of ether oxygens (including phenoxy) is 1. The maximum absolute atomic E-state index is 12.7. The van der Waals surface area contributed by atoms with E-state index < -0.39 is 30.1 Å². The summed E-state index contributed by atoms with van der Waals surface area (Å²) in [6, 6.07) is 13.0. The SMILES string of the molecule is O=CC(CCC(=O)O)NC(=O)[C@H](Cc1ccc(O)cc1)NC(=O)OCc1ccccc1. The van der Waals surface area contributed by atoms with E-state index in [9.17, 15) is 24.3 Å². The van der Waals surface area contributed by atoms with Crippen LogP contribution in [0.1, 0.15) is 24.0 Å². The van der Waals surface area contributed by atoms with Gasteiger partial charge in [0.05, 0.1) is 6.04 Å². The van der Waals surface area contributed by atoms with Crippen LogP contribution in [0.2, 0.25) is 0 Å². The van der Waals surface area contributed by atoms with Crippen LogP contribution in [-0.4, -0.2) is 46.6 Å². The number of phenolic OH excluding ortho intramolecular Hbond substituents is 1. The van der Waals surface area contributed by atoms with Gasteiger partial charge in [-0.3, -0.25) is 9.59 Å². The highest BCUT2D eigenvalue weighted by atomic mass is 16.5. The Morgan fingerprint density at radius 2 is 1.65 bits per heavy atom. The van der Waals surface area contributed by atoms with Gasteiger partial charge in [0.15, 0.2) is 0 Å². The number of nitrogens with one attached hydrogen (secondary N) is 2. The number of hydrogen-bond donors (Lipinski definition) is 4. The fraction of sp³-hybridized carbons (Fsp3) is 0.273. The van der Waals surface area contributed by atoms with Crippen LogP contribution < -0.4 is 10.6 Å². The predicted octanol–water partition coefficient (Wildman–Crippen LogP) is 1.78. The number of carbonyl (C=O) groups is 4. The highest BCUT2D eigenvalue weighted by molar-refractivity contribution is 5.88. The van der Waals surface area contributed by atoms with Crippen molar-refractivity contribution >= 4 is 24.3 Å². The third-order valence-corrected chi connectivity index (χ3v) is 4.36. The van der Waals surface area contributed by atoms with Gasteiger partial charge in [-0.1, -0.05) is 42.5 Å². The zero-order chi connectivity index (χ0) is 22.6. The topological polar surface area (TPSA) is 142 Å². The summed E-state index contributed by atoms with van der Waals surface area (Å²) in [5, 5.41) is 23.1. The summed E-state index contributed by atoms with van der Waals surface area (Å²) in [5.74, 6) is -1.70. The average molecular weight is 428 g/mol. The number of aliphatic carboxylic acids is 1. The molecule has 0 aromatic heterocycles. The van der Waals surface area contributed by atoms with E-state index in [2.05, 4.69) is 10.6 Å². The lowest BCUT2D eigenvalue weighted by atomic mass is 10.0. The lowest BCUT2D eigenvalue weighted by Gasteiger charge is -2.21. The van der Waals surface area contributed by atoms with E-state index in [1.807, 2.05) is 6.07 Å². The molecular weight excluding hydrogens is 404 g/mol. The molecule has 0 spiro atoms. The Hall–Kier alpha value is -3.88. The Bertz CT molecular complexity index is 884. The van der Waals surface area contributed by atoms with Gasteiger partial charge in [-0.25, -0.2) is 4.79 Å². The first-order valence-electron chi connectivity index (χ1n) is 9.60. The van der Waals surface area contributed by atoms with Crippen molar-refractivity contribution in [3.63, 3.8) is 0 Å². The summed E-state index contributed by atoms with van der Waals surface area (Å²) in [4.78, 5) is 46.9. The number of rotatable bonds is 11. The molecule has 2 aromatic carbocycles. The lowest BCUT2D eigenvalue weighted by Crippen LogP contribution is -2.51. The van der Waals surface area contributed by atoms with Gasteiger partial charge >= 0.3 is 12.1 Å². The molecule has 9 heteroatoms. The Labute approximate surface area is 179 Å². The molecule has 0 heterocycles. The molecule has 31 heavy (non-hydrogen) atoms. The molecule has 9 nitrogen and oxygen atoms in total. The summed E-state index contributed by atoms with van der Waals surface area (Å²) in [7, 11) is 0. The molecule has 0 bridgehead atoms. The third kappa shape index (κ3) is 8.57. The number of alkyl carbamates (subject to hydrolysis) is 1. The number of carboxylic acids is 1. The zero-order valence-electron chi connectivity index (χ0n) is 16.7. The monoisotopic (exact) mass is 428 g/mol. The standard InChI is InChI=1S/C22H24N2O7/c25-13-17(8-11-20(27)28)23-21(29)19(12-15-6-9-18(26)10-7-15)24-22(30)31-14-16-4-2-1-3-5-16/h1-7,9-10,13,17,19,26H,8,11-12,14H2,(H,23,29)(H,24,30)(H,27,28)/t17?,19-/m0/s1. The molecule has 1 unspecified atom stereocenters. The molecule has 0 saturated heterocycles. The van der Waals surface area contributed by atoms with Gasteiger partial charge in [-0.2, -0.15) is 0 Å². The van der Waals surface area contributed by atoms with Crippen LogP contribution in [0.3, 0.4) is 0 Å². The summed E-state index contributed by atoms with van der Waals surface area (Å²) < 4.78 is 5.16. The number of amides is 2. The first-order chi connectivity index (χ1) is 14.9. The molecule has 0 saturated carbocycles. The number of carboxylic acid groups (broad SMARTS) is 1. The van der Waals surface area contributed by atoms with Gasteiger partial charge in [0.25, 0.3) is 0 Å². The Balaban J connectivity index is 2.04. The lowest BCUT2D eigenvalue weighted by molar-refractivity contribution is -0.137. The van der Waals surface area contributed by atoms with Crippen molar-refractivity contribution in [3.8, 4) is 5.75 Å². The van der Waals surface area contributed by atoms with E-state index >= 15 is 0 Å². The van der Waals surface area contributed by atoms with Gasteiger partial charge in [-0.05, 0) is 29.7 Å². The number of benzene rings is 2. The maximum Gasteiger partial charge on any atom is 0.408 e. The molecule has 0 aliphatic rings. The molecule has 2 aromatic rings. The number of carbonyl (C=O) groups excluding carboxylic acids is 3. The summed E-state index contributed by atoms with van der Waals surface area (Å²) >= 11 is 0. The minimum Gasteiger partial charge on any atom is -0.508 e. The number of aromatic hydroxyl groups is 1. The molecule has 2 amide bonds. The fourth-order valence-corrected chi connectivity index (χ4v) is 2.72. The number of phenols is 1. The van der Waals surface area contributed by atoms with E-state index in [0.717, 1.165) is 5.56 Å². The van der Waals surface area contributed by atoms with Crippen molar-refractivity contribution in [1.29, 1.82) is 0 Å². The van der Waals surface area contributed by atoms with Crippen LogP contribution >= 0.6 is 0 Å². The summed E-state index contributed by atoms with van der Waals surface area (Å²) in [5.41, 5.74) is 1.42. The largest absolute Gasteiger partial charge is 0.508 e. The number of hydrogen-bond acceptors (Lipinski definition) is 6. The van der Waals surface area contributed by atoms with Crippen molar-refractivity contribution in [2.45, 2.75) is 38.0 Å². The van der Waals surface area contributed by atoms with E-state index in [0.29, 0.717) is 11.8 Å². The second kappa shape index (κ2) is 12.0. The smallest absolute Gasteiger partial charge is 0.408 e. The molecule has 2 rings (SSSR count). The van der Waals surface area contributed by atoms with E-state index in [1.54, 1.807) is 36.4 Å². The first-order valence-corrected chi connectivity index (χ1v) is 9.60. The Morgan fingerprint density at radius 3 is 2.26 bits per heavy atom. The van der Waals surface area contributed by atoms with E-state index in [-0.39, 0.29) is 31.6 Å². The van der Waals surface area contributed by atoms with Gasteiger partial charge in [0.2, 0.25) is 5.91 Å². The highest BCUT2D eigenvalue weighted by Gasteiger charge is 2.24. The minimum absolute atomic E-state index is 0.00972. The van der Waals surface area contributed by atoms with Crippen LogP contribution in [0.5, 0.6) is 5.75 Å². The molecule has 2 atom stereocenters. The van der Waals surface area contributed by atoms with Crippen molar-refractivity contribution in [2.75, 3.05) is 0 Å². The van der Waals surface area contributed by atoms with Crippen LogP contribution in [0.25, 0.3) is 0 Å². The van der Waals surface area contributed by atoms with Gasteiger partial charge < -0.3 is 30.4 Å². The van der Waals surface area contributed by atoms with Crippen molar-refractivity contribution in [3.05, 3.63) is 65.7 Å². The van der Waals surface area contributed by atoms with Crippen LogP contribution in [-0.2, 0) is 32.1 Å². The minimum atomic E-state index is -1.09. The maximum atomic E-state index is 12.7. The van der Waals surface area contributed by atoms with E-state index in [1.165, 1.54) is 12.1 Å². The normalized spacial score (nSPS) is 12.3. The molecule has 0 fully saturated rings. The van der Waals surface area contributed by atoms with E-state index in [4.69, 9.17) is 9.84 Å². The van der Waals surface area contributed by atoms with Crippen molar-refractivity contribution < 1.29 is 34.1 Å². The summed E-state index contributed by atoms with van der Waals surface area (Å²) in [6.45, 7) is 0.00972. The highest BCUT2D eigenvalue weighted by Crippen LogP contribution is 2.12. The van der Waals surface area contributed by atoms with Gasteiger partial charge in [0.1, 0.15) is 24.7 Å². The molecule has 0 radical (unpaired) electrons. The molecule has 0 aliphatic heterocycles. The third-order valence-electron chi connectivity index (χ3n) is 4.36. The Kier molecular flexibility index (Phi) is 9.03. The quantitative estimate of drug-likeness (QED) is 0.400. The second-order valence-corrected chi connectivity index (χ2v) is 6.81. The number of aldehydes is 1. The van der Waals surface area contributed by atoms with Crippen molar-refractivity contribution in [1.82, 2.24) is 10.6 Å². The van der Waals surface area contributed by atoms with Crippen molar-refractivity contribution in [2.24, 2.45) is 0 Å². The first kappa shape index (κ1) is 23.4. The molecule has 0 aliphatic carbocycles. The molecule has 4 N–H and O–H groups in total. The van der Waals surface area contributed by atoms with Gasteiger partial charge in [0, 0.05) is 12.8 Å². The second-order valence-electron chi connectivity index (χ2n) is 6.81. The van der Waals surface area contributed by atoms with Gasteiger partial charge in [-0.15, -0.1) is 0 Å². The average Bonchev–Trinajstić information content (AvgIpc) is 2.76. The molecule has 164 valence electrons. The zero-order valence-corrected chi connectivity index (χ0v) is 16.7. The van der Waals surface area contributed by atoms with Crippen LogP contribution in [0.15, 0.2) is 54.6 Å².